The molecule has 2 aliphatic rings. The highest BCUT2D eigenvalue weighted by Gasteiger charge is 2.25. The summed E-state index contributed by atoms with van der Waals surface area (Å²) in [4.78, 5) is 21.6. The third-order valence-corrected chi connectivity index (χ3v) is 3.44. The van der Waals surface area contributed by atoms with Crippen molar-refractivity contribution in [1.82, 2.24) is 9.97 Å². The molecule has 17 heavy (non-hydrogen) atoms. The fourth-order valence-electron chi connectivity index (χ4n) is 2.22. The normalized spacial score (nSPS) is 24.7. The van der Waals surface area contributed by atoms with Crippen LogP contribution in [0.3, 0.4) is 0 Å². The van der Waals surface area contributed by atoms with E-state index in [4.69, 9.17) is 4.74 Å². The Hall–Kier alpha value is -1.49. The molecule has 3 heterocycles. The van der Waals surface area contributed by atoms with Gasteiger partial charge in [0.15, 0.2) is 0 Å². The third-order valence-electron chi connectivity index (χ3n) is 3.44. The molecule has 5 nitrogen and oxygen atoms in total. The molecule has 0 radical (unpaired) electrons. The Morgan fingerprint density at radius 2 is 2.12 bits per heavy atom. The molecule has 1 atom stereocenters. The molecule has 5 heteroatoms. The zero-order valence-electron chi connectivity index (χ0n) is 9.58. The molecule has 90 valence electrons. The summed E-state index contributed by atoms with van der Waals surface area (Å²) in [5.74, 6) is 1.39. The first-order valence-electron chi connectivity index (χ1n) is 5.97. The Kier molecular flexibility index (Phi) is 2.76. The van der Waals surface area contributed by atoms with Crippen LogP contribution in [0.2, 0.25) is 0 Å². The van der Waals surface area contributed by atoms with E-state index in [1.165, 1.54) is 0 Å². The second-order valence-electron chi connectivity index (χ2n) is 4.66. The molecule has 0 amide bonds. The molecular formula is C12H15N3O2. The molecule has 0 aromatic carbocycles. The van der Waals surface area contributed by atoms with Gasteiger partial charge < -0.3 is 14.4 Å². The van der Waals surface area contributed by atoms with Crippen molar-refractivity contribution in [1.29, 1.82) is 0 Å². The van der Waals surface area contributed by atoms with Crippen molar-refractivity contribution in [2.45, 2.75) is 12.3 Å². The van der Waals surface area contributed by atoms with Crippen molar-refractivity contribution in [3.63, 3.8) is 0 Å². The second-order valence-corrected chi connectivity index (χ2v) is 4.66. The van der Waals surface area contributed by atoms with Gasteiger partial charge in [0.25, 0.3) is 0 Å². The summed E-state index contributed by atoms with van der Waals surface area (Å²) < 4.78 is 5.12. The van der Waals surface area contributed by atoms with Gasteiger partial charge in [0.2, 0.25) is 0 Å². The second kappa shape index (κ2) is 4.41. The zero-order valence-corrected chi connectivity index (χ0v) is 9.58. The Morgan fingerprint density at radius 3 is 2.65 bits per heavy atom. The molecule has 1 aromatic rings. The van der Waals surface area contributed by atoms with Gasteiger partial charge in [0, 0.05) is 19.0 Å². The lowest BCUT2D eigenvalue weighted by atomic mass is 10.1. The first-order valence-corrected chi connectivity index (χ1v) is 5.97. The molecular weight excluding hydrogens is 218 g/mol. The van der Waals surface area contributed by atoms with E-state index in [9.17, 15) is 4.79 Å². The van der Waals surface area contributed by atoms with Crippen molar-refractivity contribution in [2.75, 3.05) is 31.2 Å². The van der Waals surface area contributed by atoms with E-state index >= 15 is 0 Å². The van der Waals surface area contributed by atoms with Crippen molar-refractivity contribution >= 4 is 12.0 Å². The van der Waals surface area contributed by atoms with E-state index < -0.39 is 0 Å². The Morgan fingerprint density at radius 1 is 1.35 bits per heavy atom. The molecule has 0 saturated carbocycles. The van der Waals surface area contributed by atoms with Gasteiger partial charge in [-0.1, -0.05) is 0 Å². The summed E-state index contributed by atoms with van der Waals surface area (Å²) in [5.41, 5.74) is 1.01. The highest BCUT2D eigenvalue weighted by atomic mass is 16.5. The molecule has 0 spiro atoms. The van der Waals surface area contributed by atoms with Gasteiger partial charge in [0.05, 0.1) is 37.2 Å². The molecule has 2 aliphatic heterocycles. The minimum atomic E-state index is 0.162. The maximum atomic E-state index is 10.7. The molecule has 0 N–H and O–H groups in total. The highest BCUT2D eigenvalue weighted by Crippen LogP contribution is 2.24. The molecule has 2 saturated heterocycles. The highest BCUT2D eigenvalue weighted by molar-refractivity contribution is 5.58. The van der Waals surface area contributed by atoms with Crippen LogP contribution < -0.4 is 4.90 Å². The van der Waals surface area contributed by atoms with Gasteiger partial charge in [-0.2, -0.15) is 0 Å². The van der Waals surface area contributed by atoms with E-state index in [0.717, 1.165) is 50.5 Å². The van der Waals surface area contributed by atoms with Gasteiger partial charge in [-0.05, 0) is 6.42 Å². The smallest absolute Gasteiger partial charge is 0.136 e. The maximum Gasteiger partial charge on any atom is 0.136 e. The Bertz CT molecular complexity index is 403. The van der Waals surface area contributed by atoms with Crippen LogP contribution in [0.15, 0.2) is 12.4 Å². The zero-order chi connectivity index (χ0) is 11.7. The fraction of sp³-hybridized carbons (Fsp3) is 0.583. The number of aldehydes is 1. The number of hydrogen-bond donors (Lipinski definition) is 0. The lowest BCUT2D eigenvalue weighted by Crippen LogP contribution is -2.27. The van der Waals surface area contributed by atoms with Crippen LogP contribution >= 0.6 is 0 Å². The van der Waals surface area contributed by atoms with Gasteiger partial charge in [0.1, 0.15) is 12.1 Å². The number of carbonyl (C=O) groups excluding carboxylic acids is 1. The first-order chi connectivity index (χ1) is 8.36. The predicted molar refractivity (Wildman–Crippen MR) is 62.0 cm³/mol. The standard InChI is InChI=1S/C12H15N3O2/c16-6-9-1-2-15(5-9)11-3-13-12(14-4-11)10-7-17-8-10/h3-4,6,9-10H,1-2,5,7-8H2/t9-/m1/s1. The quantitative estimate of drug-likeness (QED) is 0.716. The van der Waals surface area contributed by atoms with Crippen LogP contribution in [0.25, 0.3) is 0 Å². The third kappa shape index (κ3) is 2.02. The number of aromatic nitrogens is 2. The summed E-state index contributed by atoms with van der Waals surface area (Å²) in [5, 5.41) is 0. The first kappa shape index (κ1) is 10.7. The van der Waals surface area contributed by atoms with Crippen molar-refractivity contribution < 1.29 is 9.53 Å². The molecule has 0 aliphatic carbocycles. The van der Waals surface area contributed by atoms with E-state index in [1.807, 2.05) is 12.4 Å². The molecule has 3 rings (SSSR count). The van der Waals surface area contributed by atoms with E-state index in [2.05, 4.69) is 14.9 Å². The fourth-order valence-corrected chi connectivity index (χ4v) is 2.22. The largest absolute Gasteiger partial charge is 0.380 e. The van der Waals surface area contributed by atoms with Gasteiger partial charge in [-0.25, -0.2) is 9.97 Å². The number of nitrogens with zero attached hydrogens (tertiary/aromatic N) is 3. The Balaban J connectivity index is 1.69. The number of hydrogen-bond acceptors (Lipinski definition) is 5. The number of carbonyl (C=O) groups is 1. The predicted octanol–water partition coefficient (Wildman–Crippen LogP) is 0.616. The topological polar surface area (TPSA) is 55.3 Å². The van der Waals surface area contributed by atoms with E-state index in [-0.39, 0.29) is 5.92 Å². The SMILES string of the molecule is O=C[C@@H]1CCN(c2cnc(C3COC3)nc2)C1. The average Bonchev–Trinajstić information content (AvgIpc) is 2.76. The van der Waals surface area contributed by atoms with Crippen molar-refractivity contribution in [3.05, 3.63) is 18.2 Å². The van der Waals surface area contributed by atoms with Crippen LogP contribution in [0.4, 0.5) is 5.69 Å². The van der Waals surface area contributed by atoms with Gasteiger partial charge >= 0.3 is 0 Å². The Labute approximate surface area is 99.8 Å². The lowest BCUT2D eigenvalue weighted by Gasteiger charge is -2.25. The number of anilines is 1. The maximum absolute atomic E-state index is 10.7. The van der Waals surface area contributed by atoms with Crippen molar-refractivity contribution in [3.8, 4) is 0 Å². The van der Waals surface area contributed by atoms with Crippen molar-refractivity contribution in [2.24, 2.45) is 5.92 Å². The van der Waals surface area contributed by atoms with Gasteiger partial charge in [-0.15, -0.1) is 0 Å². The van der Waals surface area contributed by atoms with Crippen LogP contribution in [0.5, 0.6) is 0 Å². The van der Waals surface area contributed by atoms with Crippen LogP contribution in [0.1, 0.15) is 18.2 Å². The monoisotopic (exact) mass is 233 g/mol. The van der Waals surface area contributed by atoms with Crippen LogP contribution in [0, 0.1) is 5.92 Å². The average molecular weight is 233 g/mol. The summed E-state index contributed by atoms with van der Waals surface area (Å²) in [7, 11) is 0. The van der Waals surface area contributed by atoms with Crippen LogP contribution in [-0.4, -0.2) is 42.6 Å². The number of rotatable bonds is 3. The lowest BCUT2D eigenvalue weighted by molar-refractivity contribution is -0.110. The molecule has 0 unspecified atom stereocenters. The number of ether oxygens (including phenoxy) is 1. The summed E-state index contributed by atoms with van der Waals surface area (Å²) in [6.07, 6.45) is 5.68. The molecule has 2 fully saturated rings. The summed E-state index contributed by atoms with van der Waals surface area (Å²) in [6.45, 7) is 3.17. The molecule has 1 aromatic heterocycles. The van der Waals surface area contributed by atoms with E-state index in [1.54, 1.807) is 0 Å². The van der Waals surface area contributed by atoms with Gasteiger partial charge in [-0.3, -0.25) is 0 Å². The minimum absolute atomic E-state index is 0.162. The summed E-state index contributed by atoms with van der Waals surface area (Å²) in [6, 6.07) is 0. The van der Waals surface area contributed by atoms with Crippen LogP contribution in [-0.2, 0) is 9.53 Å². The minimum Gasteiger partial charge on any atom is -0.380 e. The molecule has 0 bridgehead atoms. The summed E-state index contributed by atoms with van der Waals surface area (Å²) >= 11 is 0. The van der Waals surface area contributed by atoms with E-state index in [0.29, 0.717) is 5.92 Å².